The molecule has 3 aromatic heterocycles. The summed E-state index contributed by atoms with van der Waals surface area (Å²) >= 11 is 1.86. The van der Waals surface area contributed by atoms with Gasteiger partial charge in [-0.25, -0.2) is 9.97 Å². The first-order chi connectivity index (χ1) is 14.7. The highest BCUT2D eigenvalue weighted by Crippen LogP contribution is 2.40. The molecule has 1 N–H and O–H groups in total. The number of hydrogen-bond acceptors (Lipinski definition) is 7. The van der Waals surface area contributed by atoms with E-state index in [9.17, 15) is 4.79 Å². The largest absolute Gasteiger partial charge is 0.459 e. The van der Waals surface area contributed by atoms with Crippen LogP contribution in [0.5, 0.6) is 0 Å². The third kappa shape index (κ3) is 3.81. The van der Waals surface area contributed by atoms with Gasteiger partial charge >= 0.3 is 0 Å². The molecule has 3 aromatic rings. The maximum Gasteiger partial charge on any atom is 0.287 e. The van der Waals surface area contributed by atoms with E-state index in [0.717, 1.165) is 55.7 Å². The van der Waals surface area contributed by atoms with Gasteiger partial charge in [0.2, 0.25) is 0 Å². The first-order valence-electron chi connectivity index (χ1n) is 10.7. The molecule has 5 rings (SSSR count). The Morgan fingerprint density at radius 2 is 2.17 bits per heavy atom. The molecule has 1 aliphatic carbocycles. The van der Waals surface area contributed by atoms with Crippen LogP contribution in [0.1, 0.15) is 34.3 Å². The number of amides is 1. The zero-order valence-corrected chi connectivity index (χ0v) is 18.1. The van der Waals surface area contributed by atoms with Crippen LogP contribution >= 0.6 is 11.3 Å². The van der Waals surface area contributed by atoms with Crippen molar-refractivity contribution in [1.29, 1.82) is 0 Å². The number of fused-ring (bicyclic) bond motifs is 3. The average Bonchev–Trinajstić information content (AvgIpc) is 3.41. The summed E-state index contributed by atoms with van der Waals surface area (Å²) in [6.45, 7) is 7.62. The molecule has 0 bridgehead atoms. The summed E-state index contributed by atoms with van der Waals surface area (Å²) in [4.78, 5) is 28.7. The van der Waals surface area contributed by atoms with Gasteiger partial charge in [-0.3, -0.25) is 9.69 Å². The molecule has 1 saturated heterocycles. The number of aromatic nitrogens is 2. The number of carbonyl (C=O) groups is 1. The van der Waals surface area contributed by atoms with Gasteiger partial charge in [0, 0.05) is 44.1 Å². The van der Waals surface area contributed by atoms with Crippen LogP contribution in [0.2, 0.25) is 0 Å². The lowest BCUT2D eigenvalue weighted by Gasteiger charge is -2.35. The number of rotatable bonds is 5. The van der Waals surface area contributed by atoms with Crippen molar-refractivity contribution >= 4 is 33.3 Å². The Bertz CT molecular complexity index is 1020. The molecular weight excluding hydrogens is 398 g/mol. The van der Waals surface area contributed by atoms with Gasteiger partial charge in [0.1, 0.15) is 17.0 Å². The van der Waals surface area contributed by atoms with Crippen LogP contribution in [-0.4, -0.2) is 60.0 Å². The van der Waals surface area contributed by atoms with Gasteiger partial charge in [-0.1, -0.05) is 6.92 Å². The summed E-state index contributed by atoms with van der Waals surface area (Å²) in [5, 5.41) is 4.22. The zero-order valence-electron chi connectivity index (χ0n) is 17.3. The highest BCUT2D eigenvalue weighted by molar-refractivity contribution is 7.19. The van der Waals surface area contributed by atoms with Crippen molar-refractivity contribution in [2.45, 2.75) is 26.2 Å². The molecule has 0 radical (unpaired) electrons. The molecule has 1 fully saturated rings. The highest BCUT2D eigenvalue weighted by atomic mass is 32.1. The quantitative estimate of drug-likeness (QED) is 0.678. The van der Waals surface area contributed by atoms with Crippen molar-refractivity contribution in [1.82, 2.24) is 20.2 Å². The molecule has 8 heteroatoms. The Morgan fingerprint density at radius 3 is 2.97 bits per heavy atom. The summed E-state index contributed by atoms with van der Waals surface area (Å²) in [5.41, 5.74) is 1.49. The van der Waals surface area contributed by atoms with E-state index in [1.54, 1.807) is 18.5 Å². The van der Waals surface area contributed by atoms with Gasteiger partial charge in [-0.15, -0.1) is 11.3 Å². The van der Waals surface area contributed by atoms with Crippen molar-refractivity contribution in [2.24, 2.45) is 5.92 Å². The Hall–Kier alpha value is -2.45. The predicted molar refractivity (Wildman–Crippen MR) is 118 cm³/mol. The minimum Gasteiger partial charge on any atom is -0.459 e. The van der Waals surface area contributed by atoms with Crippen molar-refractivity contribution in [2.75, 3.05) is 44.2 Å². The number of carbonyl (C=O) groups excluding carboxylic acids is 1. The van der Waals surface area contributed by atoms with Crippen LogP contribution in [0, 0.1) is 5.92 Å². The van der Waals surface area contributed by atoms with Gasteiger partial charge in [-0.05, 0) is 42.9 Å². The van der Waals surface area contributed by atoms with Gasteiger partial charge < -0.3 is 14.6 Å². The standard InChI is InChI=1S/C22H27N5O2S/c1-15-4-5-16-18(13-15)30-22-19(16)20(24-14-25-22)27-10-8-26(9-11-27)7-6-23-21(28)17-3-2-12-29-17/h2-3,12,14-15H,4-11,13H2,1H3,(H,23,28)/t15-/m0/s1. The van der Waals surface area contributed by atoms with Crippen LogP contribution in [0.4, 0.5) is 5.82 Å². The number of thiophene rings is 1. The molecule has 1 aliphatic heterocycles. The van der Waals surface area contributed by atoms with Crippen LogP contribution in [0.15, 0.2) is 29.1 Å². The van der Waals surface area contributed by atoms with Crippen LogP contribution < -0.4 is 10.2 Å². The van der Waals surface area contributed by atoms with Crippen molar-refractivity contribution < 1.29 is 9.21 Å². The second-order valence-corrected chi connectivity index (χ2v) is 9.37. The Balaban J connectivity index is 1.21. The fraction of sp³-hybridized carbons (Fsp3) is 0.500. The van der Waals surface area contributed by atoms with Crippen molar-refractivity contribution in [3.63, 3.8) is 0 Å². The summed E-state index contributed by atoms with van der Waals surface area (Å²) in [6.07, 6.45) is 6.81. The first-order valence-corrected chi connectivity index (χ1v) is 11.5. The van der Waals surface area contributed by atoms with E-state index >= 15 is 0 Å². The van der Waals surface area contributed by atoms with Crippen molar-refractivity contribution in [3.05, 3.63) is 40.9 Å². The Morgan fingerprint density at radius 1 is 1.30 bits per heavy atom. The summed E-state index contributed by atoms with van der Waals surface area (Å²) < 4.78 is 5.13. The number of anilines is 1. The topological polar surface area (TPSA) is 74.5 Å². The lowest BCUT2D eigenvalue weighted by Crippen LogP contribution is -2.48. The lowest BCUT2D eigenvalue weighted by molar-refractivity contribution is 0.0920. The van der Waals surface area contributed by atoms with E-state index < -0.39 is 0 Å². The molecule has 7 nitrogen and oxygen atoms in total. The van der Waals surface area contributed by atoms with Crippen LogP contribution in [-0.2, 0) is 12.8 Å². The number of nitrogens with one attached hydrogen (secondary N) is 1. The lowest BCUT2D eigenvalue weighted by atomic mass is 9.89. The van der Waals surface area contributed by atoms with Gasteiger partial charge in [0.25, 0.3) is 5.91 Å². The Kier molecular flexibility index (Phi) is 5.43. The van der Waals surface area contributed by atoms with E-state index in [-0.39, 0.29) is 5.91 Å². The number of nitrogens with zero attached hydrogens (tertiary/aromatic N) is 4. The number of hydrogen-bond donors (Lipinski definition) is 1. The molecule has 30 heavy (non-hydrogen) atoms. The molecular formula is C22H27N5O2S. The third-order valence-electron chi connectivity index (χ3n) is 6.20. The molecule has 158 valence electrons. The average molecular weight is 426 g/mol. The van der Waals surface area contributed by atoms with Gasteiger partial charge in [-0.2, -0.15) is 0 Å². The number of furan rings is 1. The molecule has 0 saturated carbocycles. The molecule has 1 atom stereocenters. The highest BCUT2D eigenvalue weighted by Gasteiger charge is 2.26. The van der Waals surface area contributed by atoms with Gasteiger partial charge in [0.05, 0.1) is 11.6 Å². The SMILES string of the molecule is C[C@H]1CCc2c(sc3ncnc(N4CCN(CCNC(=O)c5ccco5)CC4)c23)C1. The Labute approximate surface area is 180 Å². The molecule has 0 unspecified atom stereocenters. The third-order valence-corrected chi connectivity index (χ3v) is 7.36. The number of piperazine rings is 1. The van der Waals surface area contributed by atoms with E-state index in [2.05, 4.69) is 27.0 Å². The molecule has 1 amide bonds. The maximum atomic E-state index is 12.0. The fourth-order valence-corrected chi connectivity index (χ4v) is 5.85. The molecule has 2 aliphatic rings. The summed E-state index contributed by atoms with van der Waals surface area (Å²) in [6, 6.07) is 3.41. The normalized spacial score (nSPS) is 19.8. The van der Waals surface area contributed by atoms with Crippen LogP contribution in [0.25, 0.3) is 10.2 Å². The molecule has 4 heterocycles. The summed E-state index contributed by atoms with van der Waals surface area (Å²) in [7, 11) is 0. The predicted octanol–water partition coefficient (Wildman–Crippen LogP) is 2.96. The van der Waals surface area contributed by atoms with E-state index in [1.807, 2.05) is 11.3 Å². The van der Waals surface area contributed by atoms with Crippen molar-refractivity contribution in [3.8, 4) is 0 Å². The van der Waals surface area contributed by atoms with Gasteiger partial charge in [0.15, 0.2) is 5.76 Å². The minimum absolute atomic E-state index is 0.154. The first kappa shape index (κ1) is 19.5. The number of aryl methyl sites for hydroxylation is 1. The molecule has 0 spiro atoms. The summed E-state index contributed by atoms with van der Waals surface area (Å²) in [5.74, 6) is 2.08. The fourth-order valence-electron chi connectivity index (χ4n) is 4.50. The maximum absolute atomic E-state index is 12.0. The van der Waals surface area contributed by atoms with Crippen LogP contribution in [0.3, 0.4) is 0 Å². The van der Waals surface area contributed by atoms with E-state index in [0.29, 0.717) is 12.3 Å². The van der Waals surface area contributed by atoms with E-state index in [4.69, 9.17) is 9.40 Å². The molecule has 0 aromatic carbocycles. The second kappa shape index (κ2) is 8.35. The smallest absolute Gasteiger partial charge is 0.287 e. The second-order valence-electron chi connectivity index (χ2n) is 8.29. The minimum atomic E-state index is -0.154. The zero-order chi connectivity index (χ0) is 20.5. The monoisotopic (exact) mass is 425 g/mol. The van der Waals surface area contributed by atoms with E-state index in [1.165, 1.54) is 34.9 Å².